The minimum Gasteiger partial charge on any atom is -0.281 e. The molecule has 0 radical (unpaired) electrons. The summed E-state index contributed by atoms with van der Waals surface area (Å²) in [5.41, 5.74) is 1.57. The molecule has 14 heavy (non-hydrogen) atoms. The molecule has 0 amide bonds. The molecule has 0 atom stereocenters. The summed E-state index contributed by atoms with van der Waals surface area (Å²) in [7, 11) is -3.25. The van der Waals surface area contributed by atoms with E-state index < -0.39 is 10.0 Å². The maximum atomic E-state index is 11.0. The van der Waals surface area contributed by atoms with E-state index in [1.165, 1.54) is 0 Å². The van der Waals surface area contributed by atoms with Crippen molar-refractivity contribution < 1.29 is 8.42 Å². The second kappa shape index (κ2) is 4.20. The van der Waals surface area contributed by atoms with Crippen molar-refractivity contribution in [2.24, 2.45) is 0 Å². The minimum atomic E-state index is -3.25. The van der Waals surface area contributed by atoms with Gasteiger partial charge in [-0.05, 0) is 56.5 Å². The Morgan fingerprint density at radius 2 is 1.64 bits per heavy atom. The molecule has 0 aliphatic rings. The van der Waals surface area contributed by atoms with E-state index in [2.05, 4.69) is 36.6 Å². The van der Waals surface area contributed by atoms with Crippen LogP contribution in [0.15, 0.2) is 21.1 Å². The summed E-state index contributed by atoms with van der Waals surface area (Å²) in [4.78, 5) is 0. The van der Waals surface area contributed by atoms with Gasteiger partial charge < -0.3 is 0 Å². The zero-order chi connectivity index (χ0) is 10.9. The van der Waals surface area contributed by atoms with E-state index in [0.29, 0.717) is 5.69 Å². The van der Waals surface area contributed by atoms with Crippen molar-refractivity contribution in [2.45, 2.75) is 6.92 Å². The summed E-state index contributed by atoms with van der Waals surface area (Å²) in [6.07, 6.45) is 1.12. The molecule has 6 heteroatoms. The van der Waals surface area contributed by atoms with Gasteiger partial charge in [0.05, 0.1) is 11.9 Å². The molecule has 1 rings (SSSR count). The Balaban J connectivity index is 3.22. The molecule has 0 aliphatic heterocycles. The van der Waals surface area contributed by atoms with Gasteiger partial charge in [-0.15, -0.1) is 0 Å². The van der Waals surface area contributed by atoms with Gasteiger partial charge in [0.2, 0.25) is 10.0 Å². The van der Waals surface area contributed by atoms with Crippen LogP contribution in [0.2, 0.25) is 0 Å². The van der Waals surface area contributed by atoms with Crippen LogP contribution in [0.3, 0.4) is 0 Å². The molecular weight excluding hydrogens is 334 g/mol. The predicted octanol–water partition coefficient (Wildman–Crippen LogP) is 2.89. The summed E-state index contributed by atoms with van der Waals surface area (Å²) >= 11 is 6.59. The Kier molecular flexibility index (Phi) is 3.60. The number of benzene rings is 1. The highest BCUT2D eigenvalue weighted by atomic mass is 79.9. The Morgan fingerprint density at radius 1 is 1.21 bits per heavy atom. The molecule has 0 fully saturated rings. The first-order valence-corrected chi connectivity index (χ1v) is 7.21. The molecule has 0 saturated heterocycles. The number of nitrogens with one attached hydrogen (secondary N) is 1. The van der Waals surface area contributed by atoms with E-state index in [4.69, 9.17) is 0 Å². The fourth-order valence-corrected chi connectivity index (χ4v) is 3.45. The molecule has 0 saturated carbocycles. The van der Waals surface area contributed by atoms with Crippen LogP contribution in [0, 0.1) is 6.92 Å². The topological polar surface area (TPSA) is 46.2 Å². The zero-order valence-corrected chi connectivity index (χ0v) is 11.6. The number of hydrogen-bond acceptors (Lipinski definition) is 2. The SMILES string of the molecule is Cc1cc(Br)c(NS(C)(=O)=O)c(Br)c1. The standard InChI is InChI=1S/C8H9Br2NO2S/c1-5-3-6(9)8(7(10)4-5)11-14(2,12)13/h3-4,11H,1-2H3. The molecule has 0 unspecified atom stereocenters. The highest BCUT2D eigenvalue weighted by Gasteiger charge is 2.10. The molecule has 0 spiro atoms. The maximum Gasteiger partial charge on any atom is 0.229 e. The Bertz CT molecular complexity index is 433. The molecule has 1 aromatic rings. The van der Waals surface area contributed by atoms with Crippen LogP contribution in [0.5, 0.6) is 0 Å². The quantitative estimate of drug-likeness (QED) is 0.898. The van der Waals surface area contributed by atoms with E-state index in [9.17, 15) is 8.42 Å². The van der Waals surface area contributed by atoms with E-state index >= 15 is 0 Å². The van der Waals surface area contributed by atoms with Gasteiger partial charge in [-0.2, -0.15) is 0 Å². The lowest BCUT2D eigenvalue weighted by Crippen LogP contribution is -2.10. The lowest BCUT2D eigenvalue weighted by atomic mass is 10.2. The molecule has 0 heterocycles. The molecule has 1 aromatic carbocycles. The minimum absolute atomic E-state index is 0.526. The third-order valence-corrected chi connectivity index (χ3v) is 3.30. The molecule has 78 valence electrons. The van der Waals surface area contributed by atoms with E-state index in [1.54, 1.807) is 0 Å². The van der Waals surface area contributed by atoms with Gasteiger partial charge in [0.15, 0.2) is 0 Å². The van der Waals surface area contributed by atoms with Gasteiger partial charge in [-0.3, -0.25) is 4.72 Å². The zero-order valence-electron chi connectivity index (χ0n) is 7.64. The Labute approximate surface area is 100 Å². The molecule has 0 aliphatic carbocycles. The molecule has 3 nitrogen and oxygen atoms in total. The van der Waals surface area contributed by atoms with Crippen molar-refractivity contribution in [3.05, 3.63) is 26.6 Å². The number of rotatable bonds is 2. The Hall–Kier alpha value is -0.0700. The third-order valence-electron chi connectivity index (χ3n) is 1.47. The predicted molar refractivity (Wildman–Crippen MR) is 65.0 cm³/mol. The number of aryl methyl sites for hydroxylation is 1. The number of anilines is 1. The number of hydrogen-bond donors (Lipinski definition) is 1. The van der Waals surface area contributed by atoms with Crippen molar-refractivity contribution in [1.29, 1.82) is 0 Å². The van der Waals surface area contributed by atoms with E-state index in [-0.39, 0.29) is 0 Å². The van der Waals surface area contributed by atoms with Crippen LogP contribution in [-0.4, -0.2) is 14.7 Å². The van der Waals surface area contributed by atoms with Crippen LogP contribution in [0.25, 0.3) is 0 Å². The van der Waals surface area contributed by atoms with Crippen molar-refractivity contribution in [2.75, 3.05) is 11.0 Å². The first kappa shape index (κ1) is 12.0. The summed E-state index contributed by atoms with van der Waals surface area (Å²) in [6, 6.07) is 3.69. The largest absolute Gasteiger partial charge is 0.281 e. The van der Waals surface area contributed by atoms with Crippen molar-refractivity contribution in [3.63, 3.8) is 0 Å². The summed E-state index contributed by atoms with van der Waals surface area (Å²) in [6.45, 7) is 1.93. The summed E-state index contributed by atoms with van der Waals surface area (Å²) in [5, 5.41) is 0. The summed E-state index contributed by atoms with van der Waals surface area (Å²) < 4.78 is 25.9. The molecular formula is C8H9Br2NO2S. The van der Waals surface area contributed by atoms with Crippen LogP contribution in [0.4, 0.5) is 5.69 Å². The van der Waals surface area contributed by atoms with Gasteiger partial charge in [0.25, 0.3) is 0 Å². The fraction of sp³-hybridized carbons (Fsp3) is 0.250. The summed E-state index contributed by atoms with van der Waals surface area (Å²) in [5.74, 6) is 0. The Morgan fingerprint density at radius 3 is 2.00 bits per heavy atom. The highest BCUT2D eigenvalue weighted by Crippen LogP contribution is 2.32. The number of sulfonamides is 1. The van der Waals surface area contributed by atoms with Crippen LogP contribution < -0.4 is 4.72 Å². The second-order valence-electron chi connectivity index (χ2n) is 2.98. The average Bonchev–Trinajstić information content (AvgIpc) is 1.95. The third kappa shape index (κ3) is 3.25. The van der Waals surface area contributed by atoms with Gasteiger partial charge in [0.1, 0.15) is 0 Å². The molecule has 0 aromatic heterocycles. The first-order chi connectivity index (χ1) is 6.29. The average molecular weight is 343 g/mol. The van der Waals surface area contributed by atoms with Crippen LogP contribution in [-0.2, 0) is 10.0 Å². The second-order valence-corrected chi connectivity index (χ2v) is 6.43. The van der Waals surface area contributed by atoms with Gasteiger partial charge in [0, 0.05) is 8.95 Å². The lowest BCUT2D eigenvalue weighted by molar-refractivity contribution is 0.606. The monoisotopic (exact) mass is 341 g/mol. The molecule has 1 N–H and O–H groups in total. The molecule has 0 bridgehead atoms. The van der Waals surface area contributed by atoms with E-state index in [0.717, 1.165) is 20.8 Å². The van der Waals surface area contributed by atoms with E-state index in [1.807, 2.05) is 19.1 Å². The highest BCUT2D eigenvalue weighted by molar-refractivity contribution is 9.11. The fourth-order valence-electron chi connectivity index (χ4n) is 0.983. The first-order valence-electron chi connectivity index (χ1n) is 3.73. The van der Waals surface area contributed by atoms with Crippen molar-refractivity contribution >= 4 is 47.6 Å². The van der Waals surface area contributed by atoms with Gasteiger partial charge in [-0.1, -0.05) is 0 Å². The van der Waals surface area contributed by atoms with Crippen LogP contribution in [0.1, 0.15) is 5.56 Å². The van der Waals surface area contributed by atoms with Crippen LogP contribution >= 0.6 is 31.9 Å². The lowest BCUT2D eigenvalue weighted by Gasteiger charge is -2.09. The maximum absolute atomic E-state index is 11.0. The number of halogens is 2. The van der Waals surface area contributed by atoms with Gasteiger partial charge in [-0.25, -0.2) is 8.42 Å². The van der Waals surface area contributed by atoms with Crippen molar-refractivity contribution in [1.82, 2.24) is 0 Å². The van der Waals surface area contributed by atoms with Crippen molar-refractivity contribution in [3.8, 4) is 0 Å². The smallest absolute Gasteiger partial charge is 0.229 e. The normalized spacial score (nSPS) is 11.4. The van der Waals surface area contributed by atoms with Gasteiger partial charge >= 0.3 is 0 Å².